The standard InChI is InChI=1S/C9H5F13O2/c1-24-3(23)2-4(10,11)5(12,13)6(14,15)7(16,17)8(18,19)9(20,21)22/h2H2,1H3. The summed E-state index contributed by atoms with van der Waals surface area (Å²) in [5, 5.41) is 0. The molecule has 0 rings (SSSR count). The summed E-state index contributed by atoms with van der Waals surface area (Å²) in [7, 11) is 0.293. The molecule has 144 valence electrons. The van der Waals surface area contributed by atoms with Gasteiger partial charge < -0.3 is 4.74 Å². The van der Waals surface area contributed by atoms with E-state index < -0.39 is 48.2 Å². The summed E-state index contributed by atoms with van der Waals surface area (Å²) < 4.78 is 167. The van der Waals surface area contributed by atoms with Gasteiger partial charge in [-0.3, -0.25) is 4.79 Å². The van der Waals surface area contributed by atoms with Gasteiger partial charge in [-0.1, -0.05) is 0 Å². The van der Waals surface area contributed by atoms with E-state index in [0.717, 1.165) is 0 Å². The van der Waals surface area contributed by atoms with Gasteiger partial charge in [-0.15, -0.1) is 0 Å². The van der Waals surface area contributed by atoms with Gasteiger partial charge in [-0.2, -0.15) is 57.1 Å². The lowest BCUT2D eigenvalue weighted by Gasteiger charge is -2.39. The van der Waals surface area contributed by atoms with Crippen molar-refractivity contribution in [3.63, 3.8) is 0 Å². The van der Waals surface area contributed by atoms with Crippen LogP contribution in [0.3, 0.4) is 0 Å². The van der Waals surface area contributed by atoms with E-state index in [-0.39, 0.29) is 0 Å². The van der Waals surface area contributed by atoms with E-state index in [9.17, 15) is 61.9 Å². The molecule has 0 radical (unpaired) electrons. The summed E-state index contributed by atoms with van der Waals surface area (Å²) in [6.07, 6.45) is -10.5. The third kappa shape index (κ3) is 3.08. The number of methoxy groups -OCH3 is 1. The molecule has 24 heavy (non-hydrogen) atoms. The lowest BCUT2D eigenvalue weighted by atomic mass is 9.92. The second kappa shape index (κ2) is 5.82. The number of ether oxygens (including phenoxy) is 1. The first-order valence-electron chi connectivity index (χ1n) is 5.23. The summed E-state index contributed by atoms with van der Waals surface area (Å²) in [6.45, 7) is 0. The zero-order valence-corrected chi connectivity index (χ0v) is 10.9. The van der Waals surface area contributed by atoms with Gasteiger partial charge in [-0.05, 0) is 0 Å². The second-order valence-corrected chi connectivity index (χ2v) is 4.25. The van der Waals surface area contributed by atoms with Gasteiger partial charge in [0.2, 0.25) is 0 Å². The van der Waals surface area contributed by atoms with Crippen molar-refractivity contribution in [3.05, 3.63) is 0 Å². The molecule has 0 amide bonds. The second-order valence-electron chi connectivity index (χ2n) is 4.25. The fourth-order valence-electron chi connectivity index (χ4n) is 1.17. The maximum atomic E-state index is 13.0. The summed E-state index contributed by atoms with van der Waals surface area (Å²) in [4.78, 5) is 10.4. The average molecular weight is 392 g/mol. The molecule has 0 aliphatic rings. The van der Waals surface area contributed by atoms with Gasteiger partial charge in [0.1, 0.15) is 6.42 Å². The van der Waals surface area contributed by atoms with E-state index in [1.54, 1.807) is 0 Å². The Bertz CT molecular complexity index is 478. The van der Waals surface area contributed by atoms with Crippen LogP contribution in [0.5, 0.6) is 0 Å². The Labute approximate surface area is 123 Å². The number of alkyl halides is 13. The first-order valence-corrected chi connectivity index (χ1v) is 5.23. The van der Waals surface area contributed by atoms with Crippen molar-refractivity contribution in [1.29, 1.82) is 0 Å². The molecule has 0 heterocycles. The molecular weight excluding hydrogens is 387 g/mol. The molecule has 0 unspecified atom stereocenters. The third-order valence-corrected chi connectivity index (χ3v) is 2.59. The van der Waals surface area contributed by atoms with Gasteiger partial charge in [-0.25, -0.2) is 0 Å². The van der Waals surface area contributed by atoms with Crippen LogP contribution >= 0.6 is 0 Å². The lowest BCUT2D eigenvalue weighted by molar-refractivity contribution is -0.439. The minimum Gasteiger partial charge on any atom is -0.469 e. The molecular formula is C9H5F13O2. The van der Waals surface area contributed by atoms with Crippen molar-refractivity contribution in [3.8, 4) is 0 Å². The van der Waals surface area contributed by atoms with Crippen LogP contribution in [0.2, 0.25) is 0 Å². The zero-order chi connectivity index (χ0) is 20.0. The topological polar surface area (TPSA) is 26.3 Å². The summed E-state index contributed by atoms with van der Waals surface area (Å²) in [5.41, 5.74) is 0. The van der Waals surface area contributed by atoms with Crippen LogP contribution in [-0.4, -0.2) is 48.9 Å². The maximum Gasteiger partial charge on any atom is 0.460 e. The fraction of sp³-hybridized carbons (Fsp3) is 0.889. The number of carbonyl (C=O) groups excluding carboxylic acids is 1. The Kier molecular flexibility index (Phi) is 5.47. The van der Waals surface area contributed by atoms with E-state index >= 15 is 0 Å². The molecule has 0 saturated carbocycles. The first-order chi connectivity index (χ1) is 10.2. The molecule has 0 fully saturated rings. The molecule has 0 aromatic rings. The van der Waals surface area contributed by atoms with E-state index in [0.29, 0.717) is 7.11 Å². The van der Waals surface area contributed by atoms with Crippen molar-refractivity contribution in [2.75, 3.05) is 7.11 Å². The summed E-state index contributed by atoms with van der Waals surface area (Å²) in [6, 6.07) is 0. The van der Waals surface area contributed by atoms with Crippen molar-refractivity contribution in [1.82, 2.24) is 0 Å². The van der Waals surface area contributed by atoms with Crippen LogP contribution in [0, 0.1) is 0 Å². The van der Waals surface area contributed by atoms with Gasteiger partial charge in [0.25, 0.3) is 0 Å². The van der Waals surface area contributed by atoms with Gasteiger partial charge in [0, 0.05) is 0 Å². The average Bonchev–Trinajstić information content (AvgIpc) is 2.35. The normalized spacial score (nSPS) is 15.4. The van der Waals surface area contributed by atoms with E-state index in [1.165, 1.54) is 0 Å². The highest BCUT2D eigenvalue weighted by atomic mass is 19.4. The third-order valence-electron chi connectivity index (χ3n) is 2.59. The largest absolute Gasteiger partial charge is 0.469 e. The molecule has 0 aromatic carbocycles. The molecule has 0 spiro atoms. The van der Waals surface area contributed by atoms with Crippen molar-refractivity contribution in [2.24, 2.45) is 0 Å². The monoisotopic (exact) mass is 392 g/mol. The van der Waals surface area contributed by atoms with Crippen molar-refractivity contribution >= 4 is 5.97 Å². The Morgan fingerprint density at radius 1 is 0.667 bits per heavy atom. The Hall–Kier alpha value is -1.44. The van der Waals surface area contributed by atoms with Gasteiger partial charge in [0.15, 0.2) is 0 Å². The predicted octanol–water partition coefficient (Wildman–Crippen LogP) is 4.29. The van der Waals surface area contributed by atoms with Gasteiger partial charge in [0.05, 0.1) is 7.11 Å². The van der Waals surface area contributed by atoms with Crippen LogP contribution in [0.15, 0.2) is 0 Å². The number of halogens is 13. The fourth-order valence-corrected chi connectivity index (χ4v) is 1.17. The van der Waals surface area contributed by atoms with Crippen LogP contribution < -0.4 is 0 Å². The van der Waals surface area contributed by atoms with E-state index in [1.807, 2.05) is 0 Å². The van der Waals surface area contributed by atoms with Gasteiger partial charge >= 0.3 is 41.8 Å². The molecule has 2 nitrogen and oxygen atoms in total. The number of carbonyl (C=O) groups is 1. The van der Waals surface area contributed by atoms with Crippen LogP contribution in [0.1, 0.15) is 6.42 Å². The quantitative estimate of drug-likeness (QED) is 0.498. The maximum absolute atomic E-state index is 13.0. The van der Waals surface area contributed by atoms with Crippen LogP contribution in [0.4, 0.5) is 57.1 Å². The highest BCUT2D eigenvalue weighted by Gasteiger charge is 2.90. The smallest absolute Gasteiger partial charge is 0.460 e. The molecule has 0 bridgehead atoms. The molecule has 0 atom stereocenters. The molecule has 0 N–H and O–H groups in total. The minimum absolute atomic E-state index is 0.293. The Morgan fingerprint density at radius 2 is 1.00 bits per heavy atom. The SMILES string of the molecule is COC(=O)CC(F)(F)C(F)(F)C(F)(F)C(F)(F)C(F)(F)C(F)(F)F. The van der Waals surface area contributed by atoms with Crippen molar-refractivity contribution < 1.29 is 66.6 Å². The Balaban J connectivity index is 6.15. The highest BCUT2D eigenvalue weighted by molar-refractivity contribution is 5.70. The van der Waals surface area contributed by atoms with E-state index in [2.05, 4.69) is 4.74 Å². The number of rotatable bonds is 6. The molecule has 15 heteroatoms. The first kappa shape index (κ1) is 22.6. The predicted molar refractivity (Wildman–Crippen MR) is 47.4 cm³/mol. The molecule has 0 aromatic heterocycles. The zero-order valence-electron chi connectivity index (χ0n) is 10.9. The summed E-state index contributed by atoms with van der Waals surface area (Å²) >= 11 is 0. The molecule has 0 aliphatic carbocycles. The Morgan fingerprint density at radius 3 is 1.29 bits per heavy atom. The summed E-state index contributed by atoms with van der Waals surface area (Å²) in [5.74, 6) is -39.9. The van der Waals surface area contributed by atoms with Crippen molar-refractivity contribution in [2.45, 2.75) is 42.2 Å². The molecule has 0 saturated heterocycles. The number of esters is 1. The van der Waals surface area contributed by atoms with Crippen LogP contribution in [0.25, 0.3) is 0 Å². The molecule has 0 aliphatic heterocycles. The number of hydrogen-bond acceptors (Lipinski definition) is 2. The van der Waals surface area contributed by atoms with Crippen LogP contribution in [-0.2, 0) is 9.53 Å². The minimum atomic E-state index is -7.97. The number of hydrogen-bond donors (Lipinski definition) is 0. The highest BCUT2D eigenvalue weighted by Crippen LogP contribution is 2.60. The van der Waals surface area contributed by atoms with E-state index in [4.69, 9.17) is 0 Å². The lowest BCUT2D eigenvalue weighted by Crippen LogP contribution is -2.70.